The Balaban J connectivity index is 1.51. The molecular weight excluding hydrogens is 414 g/mol. The Kier molecular flexibility index (Phi) is 7.01. The lowest BCUT2D eigenvalue weighted by Crippen LogP contribution is -2.39. The van der Waals surface area contributed by atoms with Crippen LogP contribution in [0, 0.1) is 0 Å². The quantitative estimate of drug-likeness (QED) is 0.603. The zero-order valence-electron chi connectivity index (χ0n) is 17.6. The molecule has 7 nitrogen and oxygen atoms in total. The Morgan fingerprint density at radius 1 is 1.10 bits per heavy atom. The van der Waals surface area contributed by atoms with Crippen LogP contribution in [0.3, 0.4) is 0 Å². The molecule has 1 aromatic heterocycles. The van der Waals surface area contributed by atoms with Crippen molar-refractivity contribution in [3.63, 3.8) is 0 Å². The number of imide groups is 1. The molecule has 0 bridgehead atoms. The Hall–Kier alpha value is -2.68. The summed E-state index contributed by atoms with van der Waals surface area (Å²) in [5.41, 5.74) is 1.48. The van der Waals surface area contributed by atoms with E-state index in [2.05, 4.69) is 10.2 Å². The number of nitrogens with zero attached hydrogens (tertiary/aromatic N) is 2. The van der Waals surface area contributed by atoms with Crippen molar-refractivity contribution >= 4 is 34.4 Å². The number of nitrogens with one attached hydrogen (secondary N) is 1. The van der Waals surface area contributed by atoms with Crippen molar-refractivity contribution in [3.8, 4) is 5.75 Å². The summed E-state index contributed by atoms with van der Waals surface area (Å²) in [5, 5.41) is 5.11. The van der Waals surface area contributed by atoms with Crippen LogP contribution in [0.2, 0.25) is 0 Å². The standard InChI is InChI=1S/C23H27N3O4S/c1-2-30-18-7-3-6-17(16-18)24-21-20(19-8-4-15-31-19)22(27)26(23(21)28)10-5-9-25-11-13-29-14-12-25/h3-4,6-8,15-16,24H,2,5,9-14H2,1H3. The molecule has 0 aliphatic carbocycles. The molecule has 0 spiro atoms. The molecule has 0 radical (unpaired) electrons. The molecule has 3 heterocycles. The maximum atomic E-state index is 13.2. The fraction of sp³-hybridized carbons (Fsp3) is 0.391. The molecule has 1 aromatic carbocycles. The van der Waals surface area contributed by atoms with E-state index in [1.165, 1.54) is 16.2 Å². The van der Waals surface area contributed by atoms with Gasteiger partial charge in [-0.1, -0.05) is 12.1 Å². The number of hydrogen-bond donors (Lipinski definition) is 1. The summed E-state index contributed by atoms with van der Waals surface area (Å²) in [6.07, 6.45) is 0.738. The lowest BCUT2D eigenvalue weighted by Gasteiger charge is -2.27. The third-order valence-electron chi connectivity index (χ3n) is 5.31. The van der Waals surface area contributed by atoms with Gasteiger partial charge in [0.15, 0.2) is 0 Å². The third kappa shape index (κ3) is 4.98. The number of ether oxygens (including phenoxy) is 2. The first-order chi connectivity index (χ1) is 15.2. The summed E-state index contributed by atoms with van der Waals surface area (Å²) in [4.78, 5) is 30.9. The van der Waals surface area contributed by atoms with E-state index in [9.17, 15) is 9.59 Å². The van der Waals surface area contributed by atoms with Crippen molar-refractivity contribution in [2.24, 2.45) is 0 Å². The fourth-order valence-corrected chi connectivity index (χ4v) is 4.56. The largest absolute Gasteiger partial charge is 0.494 e. The van der Waals surface area contributed by atoms with Crippen LogP contribution >= 0.6 is 11.3 Å². The zero-order valence-corrected chi connectivity index (χ0v) is 18.5. The molecule has 2 aliphatic rings. The van der Waals surface area contributed by atoms with Gasteiger partial charge in [0.1, 0.15) is 11.4 Å². The molecule has 1 saturated heterocycles. The van der Waals surface area contributed by atoms with Crippen LogP contribution in [-0.4, -0.2) is 67.6 Å². The molecule has 2 aliphatic heterocycles. The lowest BCUT2D eigenvalue weighted by molar-refractivity contribution is -0.136. The van der Waals surface area contributed by atoms with Gasteiger partial charge in [0, 0.05) is 42.8 Å². The van der Waals surface area contributed by atoms with E-state index in [4.69, 9.17) is 9.47 Å². The van der Waals surface area contributed by atoms with Gasteiger partial charge in [-0.15, -0.1) is 11.3 Å². The van der Waals surface area contributed by atoms with Crippen molar-refractivity contribution < 1.29 is 19.1 Å². The van der Waals surface area contributed by atoms with Crippen molar-refractivity contribution in [2.45, 2.75) is 13.3 Å². The minimum atomic E-state index is -0.280. The summed E-state index contributed by atoms with van der Waals surface area (Å²) in [6, 6.07) is 11.2. The second-order valence-electron chi connectivity index (χ2n) is 7.38. The van der Waals surface area contributed by atoms with Crippen LogP contribution in [0.15, 0.2) is 47.5 Å². The molecule has 0 atom stereocenters. The highest BCUT2D eigenvalue weighted by molar-refractivity contribution is 7.11. The minimum absolute atomic E-state index is 0.238. The summed E-state index contributed by atoms with van der Waals surface area (Å²) >= 11 is 1.46. The Morgan fingerprint density at radius 2 is 1.94 bits per heavy atom. The number of carbonyl (C=O) groups is 2. The maximum Gasteiger partial charge on any atom is 0.278 e. The number of rotatable bonds is 9. The molecule has 1 fully saturated rings. The van der Waals surface area contributed by atoms with Crippen LogP contribution in [0.4, 0.5) is 5.69 Å². The molecule has 8 heteroatoms. The number of benzene rings is 1. The summed E-state index contributed by atoms with van der Waals surface area (Å²) in [5.74, 6) is 0.194. The third-order valence-corrected chi connectivity index (χ3v) is 6.20. The average molecular weight is 442 g/mol. The van der Waals surface area contributed by atoms with Crippen LogP contribution in [0.5, 0.6) is 5.75 Å². The Labute approximate surface area is 186 Å². The molecule has 2 amide bonds. The van der Waals surface area contributed by atoms with Gasteiger partial charge < -0.3 is 14.8 Å². The van der Waals surface area contributed by atoms with E-state index >= 15 is 0 Å². The van der Waals surface area contributed by atoms with Crippen LogP contribution in [0.25, 0.3) is 5.57 Å². The molecule has 2 aromatic rings. The molecule has 0 unspecified atom stereocenters. The predicted molar refractivity (Wildman–Crippen MR) is 121 cm³/mol. The van der Waals surface area contributed by atoms with Crippen LogP contribution in [-0.2, 0) is 14.3 Å². The van der Waals surface area contributed by atoms with Gasteiger partial charge in [0.25, 0.3) is 11.8 Å². The van der Waals surface area contributed by atoms with E-state index in [0.717, 1.165) is 44.1 Å². The van der Waals surface area contributed by atoms with E-state index in [1.54, 1.807) is 0 Å². The van der Waals surface area contributed by atoms with Gasteiger partial charge >= 0.3 is 0 Å². The molecule has 4 rings (SSSR count). The number of morpholine rings is 1. The highest BCUT2D eigenvalue weighted by Crippen LogP contribution is 2.33. The van der Waals surface area contributed by atoms with Gasteiger partial charge in [-0.05, 0) is 36.9 Å². The van der Waals surface area contributed by atoms with Gasteiger partial charge in [0.05, 0.1) is 25.4 Å². The first-order valence-corrected chi connectivity index (χ1v) is 11.5. The summed E-state index contributed by atoms with van der Waals surface area (Å²) < 4.78 is 10.9. The second kappa shape index (κ2) is 10.1. The normalized spacial score (nSPS) is 17.5. The molecule has 31 heavy (non-hydrogen) atoms. The number of hydrogen-bond acceptors (Lipinski definition) is 7. The van der Waals surface area contributed by atoms with E-state index < -0.39 is 0 Å². The van der Waals surface area contributed by atoms with Gasteiger partial charge in [0.2, 0.25) is 0 Å². The highest BCUT2D eigenvalue weighted by atomic mass is 32.1. The molecule has 1 N–H and O–H groups in total. The predicted octanol–water partition coefficient (Wildman–Crippen LogP) is 3.06. The minimum Gasteiger partial charge on any atom is -0.494 e. The first-order valence-electron chi connectivity index (χ1n) is 10.6. The van der Waals surface area contributed by atoms with Crippen molar-refractivity contribution in [3.05, 3.63) is 52.4 Å². The van der Waals surface area contributed by atoms with Gasteiger partial charge in [-0.3, -0.25) is 19.4 Å². The van der Waals surface area contributed by atoms with Crippen LogP contribution in [0.1, 0.15) is 18.2 Å². The van der Waals surface area contributed by atoms with Crippen LogP contribution < -0.4 is 10.1 Å². The molecular formula is C23H27N3O4S. The van der Waals surface area contributed by atoms with Gasteiger partial charge in [-0.25, -0.2) is 0 Å². The Bertz CT molecular complexity index is 951. The van der Waals surface area contributed by atoms with Crippen molar-refractivity contribution in [2.75, 3.05) is 51.3 Å². The molecule has 0 saturated carbocycles. The van der Waals surface area contributed by atoms with Crippen molar-refractivity contribution in [1.82, 2.24) is 9.80 Å². The number of amides is 2. The Morgan fingerprint density at radius 3 is 2.68 bits per heavy atom. The van der Waals surface area contributed by atoms with Crippen molar-refractivity contribution in [1.29, 1.82) is 0 Å². The second-order valence-corrected chi connectivity index (χ2v) is 8.33. The van der Waals surface area contributed by atoms with E-state index in [1.807, 2.05) is 48.7 Å². The topological polar surface area (TPSA) is 71.1 Å². The van der Waals surface area contributed by atoms with E-state index in [-0.39, 0.29) is 11.8 Å². The lowest BCUT2D eigenvalue weighted by atomic mass is 10.2. The highest BCUT2D eigenvalue weighted by Gasteiger charge is 2.39. The zero-order chi connectivity index (χ0) is 21.6. The van der Waals surface area contributed by atoms with E-state index in [0.29, 0.717) is 35.9 Å². The average Bonchev–Trinajstić information content (AvgIpc) is 3.38. The monoisotopic (exact) mass is 441 g/mol. The molecule has 164 valence electrons. The number of anilines is 1. The SMILES string of the molecule is CCOc1cccc(NC2=C(c3cccs3)C(=O)N(CCCN3CCOCC3)C2=O)c1. The summed E-state index contributed by atoms with van der Waals surface area (Å²) in [7, 11) is 0. The fourth-order valence-electron chi connectivity index (χ4n) is 3.80. The number of carbonyl (C=O) groups excluding carboxylic acids is 2. The smallest absolute Gasteiger partial charge is 0.278 e. The first kappa shape index (κ1) is 21.5. The maximum absolute atomic E-state index is 13.2. The summed E-state index contributed by atoms with van der Waals surface area (Å²) in [6.45, 7) is 6.97. The van der Waals surface area contributed by atoms with Gasteiger partial charge in [-0.2, -0.15) is 0 Å². The number of thiophene rings is 1.